The van der Waals surface area contributed by atoms with Crippen molar-refractivity contribution in [2.24, 2.45) is 0 Å². The number of nitrogens with zero attached hydrogens (tertiary/aromatic N) is 1. The van der Waals surface area contributed by atoms with E-state index in [1.54, 1.807) is 25.1 Å². The number of rotatable bonds is 6. The second-order valence-corrected chi connectivity index (χ2v) is 5.10. The summed E-state index contributed by atoms with van der Waals surface area (Å²) in [4.78, 5) is 24.0. The molecule has 0 aliphatic rings. The summed E-state index contributed by atoms with van der Waals surface area (Å²) in [5, 5.41) is 8.72. The highest BCUT2D eigenvalue weighted by atomic mass is 19.1. The molecule has 2 N–H and O–H groups in total. The Morgan fingerprint density at radius 2 is 2.00 bits per heavy atom. The molecule has 2 aromatic rings. The van der Waals surface area contributed by atoms with Gasteiger partial charge in [-0.2, -0.15) is 0 Å². The molecule has 0 saturated heterocycles. The Hall–Kier alpha value is -2.70. The fraction of sp³-hybridized carbons (Fsp3) is 0.312. The zero-order valence-corrected chi connectivity index (χ0v) is 12.9. The molecule has 7 heteroatoms. The fourth-order valence-corrected chi connectivity index (χ4v) is 2.17. The lowest BCUT2D eigenvalue weighted by atomic mass is 9.95. The smallest absolute Gasteiger partial charge is 0.245 e. The molecule has 2 amide bonds. The summed E-state index contributed by atoms with van der Waals surface area (Å²) in [7, 11) is 0. The number of benzene rings is 1. The first-order valence-electron chi connectivity index (χ1n) is 7.26. The average molecular weight is 319 g/mol. The number of anilines is 1. The van der Waals surface area contributed by atoms with Gasteiger partial charge in [-0.05, 0) is 31.0 Å². The molecule has 0 radical (unpaired) electrons. The molecule has 0 bridgehead atoms. The normalized spacial score (nSPS) is 11.8. The van der Waals surface area contributed by atoms with Gasteiger partial charge < -0.3 is 15.2 Å². The molecule has 0 saturated carbocycles. The summed E-state index contributed by atoms with van der Waals surface area (Å²) in [5.74, 6) is -0.603. The van der Waals surface area contributed by atoms with E-state index in [1.807, 2.05) is 6.92 Å². The Labute approximate surface area is 133 Å². The minimum Gasteiger partial charge on any atom is -0.360 e. The lowest BCUT2D eigenvalue weighted by molar-refractivity contribution is -0.125. The van der Waals surface area contributed by atoms with Crippen molar-refractivity contribution in [2.75, 3.05) is 11.9 Å². The number of carbonyl (C=O) groups excluding carboxylic acids is 2. The van der Waals surface area contributed by atoms with Gasteiger partial charge in [0.1, 0.15) is 11.6 Å². The highest BCUT2D eigenvalue weighted by molar-refractivity contribution is 5.94. The van der Waals surface area contributed by atoms with Crippen LogP contribution in [0.1, 0.15) is 30.6 Å². The zero-order valence-electron chi connectivity index (χ0n) is 12.9. The van der Waals surface area contributed by atoms with Crippen molar-refractivity contribution in [1.82, 2.24) is 10.5 Å². The average Bonchev–Trinajstić information content (AvgIpc) is 2.93. The van der Waals surface area contributed by atoms with E-state index in [0.29, 0.717) is 23.6 Å². The third-order valence-electron chi connectivity index (χ3n) is 3.32. The van der Waals surface area contributed by atoms with E-state index in [9.17, 15) is 14.0 Å². The van der Waals surface area contributed by atoms with E-state index < -0.39 is 11.8 Å². The number of halogens is 1. The summed E-state index contributed by atoms with van der Waals surface area (Å²) >= 11 is 0. The fourth-order valence-electron chi connectivity index (χ4n) is 2.17. The minimum absolute atomic E-state index is 0.178. The van der Waals surface area contributed by atoms with E-state index in [0.717, 1.165) is 0 Å². The molecule has 1 unspecified atom stereocenters. The molecule has 0 fully saturated rings. The Morgan fingerprint density at radius 1 is 1.30 bits per heavy atom. The molecule has 2 rings (SSSR count). The number of aromatic nitrogens is 1. The third-order valence-corrected chi connectivity index (χ3v) is 3.32. The largest absolute Gasteiger partial charge is 0.360 e. The van der Waals surface area contributed by atoms with Crippen LogP contribution in [0.4, 0.5) is 10.2 Å². The number of hydrogen-bond donors (Lipinski definition) is 2. The van der Waals surface area contributed by atoms with E-state index in [1.165, 1.54) is 12.1 Å². The van der Waals surface area contributed by atoms with Crippen LogP contribution >= 0.6 is 0 Å². The van der Waals surface area contributed by atoms with Gasteiger partial charge in [-0.3, -0.25) is 9.59 Å². The first-order valence-corrected chi connectivity index (χ1v) is 7.26. The topological polar surface area (TPSA) is 84.2 Å². The molecule has 1 heterocycles. The summed E-state index contributed by atoms with van der Waals surface area (Å²) < 4.78 is 17.8. The quantitative estimate of drug-likeness (QED) is 0.856. The van der Waals surface area contributed by atoms with Gasteiger partial charge in [0.05, 0.1) is 12.5 Å². The predicted molar refractivity (Wildman–Crippen MR) is 82.3 cm³/mol. The van der Waals surface area contributed by atoms with Crippen LogP contribution in [0.3, 0.4) is 0 Å². The second-order valence-electron chi connectivity index (χ2n) is 5.10. The molecular weight excluding hydrogens is 301 g/mol. The molecule has 1 aromatic heterocycles. The van der Waals surface area contributed by atoms with Crippen LogP contribution in [0, 0.1) is 12.7 Å². The van der Waals surface area contributed by atoms with Crippen LogP contribution in [0.25, 0.3) is 0 Å². The van der Waals surface area contributed by atoms with Gasteiger partial charge in [0, 0.05) is 6.07 Å². The molecule has 1 aromatic carbocycles. The van der Waals surface area contributed by atoms with Crippen LogP contribution in [-0.2, 0) is 9.59 Å². The Bertz CT molecular complexity index is 682. The van der Waals surface area contributed by atoms with Crippen LogP contribution < -0.4 is 10.6 Å². The Morgan fingerprint density at radius 3 is 2.57 bits per heavy atom. The van der Waals surface area contributed by atoms with Gasteiger partial charge in [-0.1, -0.05) is 24.2 Å². The molecular formula is C16H18FN3O3. The van der Waals surface area contributed by atoms with Crippen molar-refractivity contribution in [3.63, 3.8) is 0 Å². The number of carbonyl (C=O) groups is 2. The third kappa shape index (κ3) is 4.64. The molecule has 0 aliphatic carbocycles. The Balaban J connectivity index is 1.89. The maximum absolute atomic E-state index is 13.0. The SMILES string of the molecule is CCC(C(=O)NCC(=O)Nc1cc(C)on1)c1ccc(F)cc1. The molecule has 0 aliphatic heterocycles. The van der Waals surface area contributed by atoms with Crippen molar-refractivity contribution in [2.45, 2.75) is 26.2 Å². The highest BCUT2D eigenvalue weighted by Gasteiger charge is 2.19. The van der Waals surface area contributed by atoms with Crippen molar-refractivity contribution >= 4 is 17.6 Å². The predicted octanol–water partition coefficient (Wildman–Crippen LogP) is 2.37. The van der Waals surface area contributed by atoms with E-state index in [-0.39, 0.29) is 18.3 Å². The van der Waals surface area contributed by atoms with E-state index in [2.05, 4.69) is 15.8 Å². The van der Waals surface area contributed by atoms with Crippen molar-refractivity contribution in [3.05, 3.63) is 47.5 Å². The molecule has 0 spiro atoms. The molecule has 23 heavy (non-hydrogen) atoms. The monoisotopic (exact) mass is 319 g/mol. The second kappa shape index (κ2) is 7.53. The summed E-state index contributed by atoms with van der Waals surface area (Å²) in [6, 6.07) is 7.34. The van der Waals surface area contributed by atoms with Crippen molar-refractivity contribution in [1.29, 1.82) is 0 Å². The summed E-state index contributed by atoms with van der Waals surface area (Å²) in [6.07, 6.45) is 0.543. The van der Waals surface area contributed by atoms with Gasteiger partial charge in [0.25, 0.3) is 0 Å². The van der Waals surface area contributed by atoms with Gasteiger partial charge >= 0.3 is 0 Å². The van der Waals surface area contributed by atoms with E-state index >= 15 is 0 Å². The number of hydrogen-bond acceptors (Lipinski definition) is 4. The van der Waals surface area contributed by atoms with Gasteiger partial charge in [-0.25, -0.2) is 4.39 Å². The molecule has 1 atom stereocenters. The standard InChI is InChI=1S/C16H18FN3O3/c1-3-13(11-4-6-12(17)7-5-11)16(22)18-9-15(21)19-14-8-10(2)23-20-14/h4-8,13H,3,9H2,1-2H3,(H,18,22)(H,19,20,21). The van der Waals surface area contributed by atoms with Gasteiger partial charge in [0.15, 0.2) is 5.82 Å². The van der Waals surface area contributed by atoms with Crippen molar-refractivity contribution in [3.8, 4) is 0 Å². The highest BCUT2D eigenvalue weighted by Crippen LogP contribution is 2.19. The van der Waals surface area contributed by atoms with Crippen LogP contribution in [0.5, 0.6) is 0 Å². The zero-order chi connectivity index (χ0) is 16.8. The Kier molecular flexibility index (Phi) is 5.46. The lowest BCUT2D eigenvalue weighted by Crippen LogP contribution is -2.36. The number of nitrogens with one attached hydrogen (secondary N) is 2. The van der Waals surface area contributed by atoms with Crippen LogP contribution in [0.2, 0.25) is 0 Å². The molecule has 122 valence electrons. The van der Waals surface area contributed by atoms with E-state index in [4.69, 9.17) is 4.52 Å². The maximum Gasteiger partial charge on any atom is 0.245 e. The van der Waals surface area contributed by atoms with Crippen LogP contribution in [-0.4, -0.2) is 23.5 Å². The van der Waals surface area contributed by atoms with Gasteiger partial charge in [0.2, 0.25) is 11.8 Å². The minimum atomic E-state index is -0.433. The van der Waals surface area contributed by atoms with Crippen molar-refractivity contribution < 1.29 is 18.5 Å². The van der Waals surface area contributed by atoms with Crippen LogP contribution in [0.15, 0.2) is 34.9 Å². The summed E-state index contributed by atoms with van der Waals surface area (Å²) in [6.45, 7) is 3.38. The number of aryl methyl sites for hydroxylation is 1. The first kappa shape index (κ1) is 16.7. The summed E-state index contributed by atoms with van der Waals surface area (Å²) in [5.41, 5.74) is 0.707. The number of amides is 2. The lowest BCUT2D eigenvalue weighted by Gasteiger charge is -2.15. The maximum atomic E-state index is 13.0. The first-order chi connectivity index (χ1) is 11.0. The molecule has 6 nitrogen and oxygen atoms in total. The van der Waals surface area contributed by atoms with Gasteiger partial charge in [-0.15, -0.1) is 0 Å².